The molecule has 2 bridgehead atoms. The van der Waals surface area contributed by atoms with E-state index in [1.807, 2.05) is 18.6 Å². The smallest absolute Gasteiger partial charge is 0.281 e. The Morgan fingerprint density at radius 2 is 1.33 bits per heavy atom. The van der Waals surface area contributed by atoms with Gasteiger partial charge in [-0.05, 0) is 72.6 Å². The van der Waals surface area contributed by atoms with Gasteiger partial charge in [0.05, 0.1) is 54.8 Å². The van der Waals surface area contributed by atoms with Crippen LogP contribution in [-0.4, -0.2) is 94.4 Å². The standard InChI is InChI=1S/C18H21FN4O2S.C17H19N3O2S/c19-14-2-3-15-16(10-14)17-11-20-12-23(17)18(15)13-4-8-22(9-5-13)26(24,25)21-6-1-7-21;1-23(21,22)19-8-11-6-12(9-19)16(11)17-14-5-3-2-4-13(14)15-7-18-10-20(15)17/h2-3,10-13,18H,1,4-9H2;2-5,7,10-12,16-17H,6,8-9H2,1H3. The van der Waals surface area contributed by atoms with Crippen LogP contribution in [0.1, 0.15) is 48.9 Å². The van der Waals surface area contributed by atoms with Gasteiger partial charge in [0.15, 0.2) is 0 Å². The van der Waals surface area contributed by atoms with Gasteiger partial charge in [0.2, 0.25) is 10.0 Å². The molecule has 0 N–H and O–H groups in total. The molecule has 14 heteroatoms. The third-order valence-corrected chi connectivity index (χ3v) is 15.2. The van der Waals surface area contributed by atoms with Gasteiger partial charge >= 0.3 is 0 Å². The maximum Gasteiger partial charge on any atom is 0.281 e. The fourth-order valence-corrected chi connectivity index (χ4v) is 12.1. The number of fused-ring (bicyclic) bond motifs is 8. The highest BCUT2D eigenvalue weighted by atomic mass is 32.2. The van der Waals surface area contributed by atoms with Gasteiger partial charge in [-0.2, -0.15) is 17.0 Å². The van der Waals surface area contributed by atoms with Crippen LogP contribution < -0.4 is 0 Å². The highest BCUT2D eigenvalue weighted by molar-refractivity contribution is 7.88. The number of rotatable bonds is 5. The van der Waals surface area contributed by atoms with Gasteiger partial charge in [-0.3, -0.25) is 0 Å². The molecule has 5 fully saturated rings. The Balaban J connectivity index is 0.000000134. The average molecular weight is 706 g/mol. The van der Waals surface area contributed by atoms with Gasteiger partial charge in [0, 0.05) is 50.4 Å². The summed E-state index contributed by atoms with van der Waals surface area (Å²) in [6, 6.07) is 13.9. The first-order valence-electron chi connectivity index (χ1n) is 17.2. The minimum Gasteiger partial charge on any atom is -0.323 e. The summed E-state index contributed by atoms with van der Waals surface area (Å²) in [7, 11) is -6.36. The summed E-state index contributed by atoms with van der Waals surface area (Å²) < 4.78 is 71.8. The predicted octanol–water partition coefficient (Wildman–Crippen LogP) is 4.23. The molecule has 49 heavy (non-hydrogen) atoms. The first kappa shape index (κ1) is 31.5. The molecule has 1 aliphatic carbocycles. The van der Waals surface area contributed by atoms with E-state index < -0.39 is 20.2 Å². The maximum absolute atomic E-state index is 13.7. The van der Waals surface area contributed by atoms with Crippen molar-refractivity contribution in [3.05, 3.63) is 84.5 Å². The van der Waals surface area contributed by atoms with Crippen molar-refractivity contribution < 1.29 is 21.2 Å². The highest BCUT2D eigenvalue weighted by Crippen LogP contribution is 2.56. The van der Waals surface area contributed by atoms with Crippen molar-refractivity contribution in [2.24, 2.45) is 23.7 Å². The summed E-state index contributed by atoms with van der Waals surface area (Å²) in [4.78, 5) is 8.58. The quantitative estimate of drug-likeness (QED) is 0.307. The zero-order valence-electron chi connectivity index (χ0n) is 27.3. The second kappa shape index (κ2) is 11.6. The second-order valence-corrected chi connectivity index (χ2v) is 18.4. The largest absolute Gasteiger partial charge is 0.323 e. The van der Waals surface area contributed by atoms with E-state index >= 15 is 0 Å². The summed E-state index contributed by atoms with van der Waals surface area (Å²) in [6.07, 6.45) is 12.5. The zero-order valence-corrected chi connectivity index (χ0v) is 29.0. The number of hydrogen-bond donors (Lipinski definition) is 0. The number of halogens is 1. The Morgan fingerprint density at radius 3 is 1.98 bits per heavy atom. The number of nitrogens with zero attached hydrogens (tertiary/aromatic N) is 7. The molecule has 11 nitrogen and oxygen atoms in total. The molecule has 2 aromatic carbocycles. The van der Waals surface area contributed by atoms with Gasteiger partial charge in [0.25, 0.3) is 10.2 Å². The van der Waals surface area contributed by atoms with Crippen LogP contribution >= 0.6 is 0 Å². The number of benzene rings is 2. The number of hydrogen-bond acceptors (Lipinski definition) is 6. The van der Waals surface area contributed by atoms with Gasteiger partial charge in [-0.25, -0.2) is 27.1 Å². The van der Waals surface area contributed by atoms with E-state index in [-0.39, 0.29) is 11.9 Å². The van der Waals surface area contributed by atoms with E-state index in [0.29, 0.717) is 69.0 Å². The van der Waals surface area contributed by atoms with E-state index in [2.05, 4.69) is 43.4 Å². The number of aromatic nitrogens is 4. The molecule has 0 amide bonds. The third-order valence-electron chi connectivity index (χ3n) is 11.9. The molecular formula is C35H40FN7O4S2. The Morgan fingerprint density at radius 1 is 0.714 bits per heavy atom. The molecule has 4 aromatic rings. The van der Waals surface area contributed by atoms with Crippen LogP contribution in [0.15, 0.2) is 67.5 Å². The van der Waals surface area contributed by atoms with Gasteiger partial charge < -0.3 is 9.13 Å². The van der Waals surface area contributed by atoms with Crippen LogP contribution in [0.5, 0.6) is 0 Å². The number of piperidine rings is 3. The van der Waals surface area contributed by atoms with Gasteiger partial charge in [-0.1, -0.05) is 30.3 Å². The molecule has 11 rings (SSSR count). The molecule has 1 saturated carbocycles. The van der Waals surface area contributed by atoms with Gasteiger partial charge in [-0.15, -0.1) is 0 Å². The van der Waals surface area contributed by atoms with Crippen molar-refractivity contribution in [2.45, 2.75) is 37.8 Å². The SMILES string of the molecule is CS(=O)(=O)N1CC2CC(C1)C2C1c2ccccc2-c2cncn21.O=S(=O)(N1CCC1)N1CCC(C2c3ccc(F)cc3-c3cncn32)CC1. The lowest BCUT2D eigenvalue weighted by molar-refractivity contribution is -0.0302. The maximum atomic E-state index is 13.7. The van der Waals surface area contributed by atoms with E-state index in [4.69, 9.17) is 0 Å². The minimum absolute atomic E-state index is 0.108. The summed E-state index contributed by atoms with van der Waals surface area (Å²) in [5.41, 5.74) is 6.81. The zero-order chi connectivity index (χ0) is 33.7. The van der Waals surface area contributed by atoms with Crippen molar-refractivity contribution >= 4 is 20.2 Å². The van der Waals surface area contributed by atoms with E-state index in [9.17, 15) is 21.2 Å². The Labute approximate surface area is 286 Å². The van der Waals surface area contributed by atoms with Crippen LogP contribution in [0.2, 0.25) is 0 Å². The normalized spacial score (nSPS) is 28.0. The molecule has 2 aromatic heterocycles. The van der Waals surface area contributed by atoms with Crippen molar-refractivity contribution in [3.63, 3.8) is 0 Å². The summed E-state index contributed by atoms with van der Waals surface area (Å²) in [5, 5.41) is 0. The van der Waals surface area contributed by atoms with E-state index in [1.165, 1.54) is 29.1 Å². The Hall–Kier alpha value is -3.43. The first-order chi connectivity index (χ1) is 23.6. The monoisotopic (exact) mass is 705 g/mol. The summed E-state index contributed by atoms with van der Waals surface area (Å²) in [6.45, 7) is 3.71. The van der Waals surface area contributed by atoms with Gasteiger partial charge in [0.1, 0.15) is 5.82 Å². The van der Waals surface area contributed by atoms with Crippen LogP contribution in [0, 0.1) is 29.5 Å². The highest BCUT2D eigenvalue weighted by Gasteiger charge is 2.54. The summed E-state index contributed by atoms with van der Waals surface area (Å²) in [5.74, 6) is 1.50. The van der Waals surface area contributed by atoms with Crippen LogP contribution in [0.4, 0.5) is 4.39 Å². The van der Waals surface area contributed by atoms with E-state index in [0.717, 1.165) is 42.5 Å². The van der Waals surface area contributed by atoms with Crippen molar-refractivity contribution in [1.29, 1.82) is 0 Å². The second-order valence-electron chi connectivity index (χ2n) is 14.5. The topological polar surface area (TPSA) is 114 Å². The van der Waals surface area contributed by atoms with Crippen molar-refractivity contribution in [3.8, 4) is 22.5 Å². The van der Waals surface area contributed by atoms with Crippen LogP contribution in [0.3, 0.4) is 0 Å². The van der Waals surface area contributed by atoms with E-state index in [1.54, 1.807) is 31.5 Å². The Bertz CT molecular complexity index is 2130. The Kier molecular flexibility index (Phi) is 7.44. The number of sulfonamides is 1. The fourth-order valence-electron chi connectivity index (χ4n) is 9.41. The fraction of sp³-hybridized carbons (Fsp3) is 0.486. The lowest BCUT2D eigenvalue weighted by atomic mass is 9.58. The molecule has 258 valence electrons. The molecule has 4 unspecified atom stereocenters. The minimum atomic E-state index is -3.29. The molecule has 4 atom stereocenters. The van der Waals surface area contributed by atoms with Crippen molar-refractivity contribution in [1.82, 2.24) is 32.0 Å². The molecule has 0 radical (unpaired) electrons. The lowest BCUT2D eigenvalue weighted by Crippen LogP contribution is -2.58. The van der Waals surface area contributed by atoms with Crippen molar-refractivity contribution in [2.75, 3.05) is 45.5 Å². The average Bonchev–Trinajstić information content (AvgIpc) is 3.83. The predicted molar refractivity (Wildman–Crippen MR) is 182 cm³/mol. The molecule has 6 aliphatic heterocycles. The molecule has 8 heterocycles. The summed E-state index contributed by atoms with van der Waals surface area (Å²) >= 11 is 0. The molecule has 4 saturated heterocycles. The molecule has 7 aliphatic rings. The van der Waals surface area contributed by atoms with Crippen LogP contribution in [-0.2, 0) is 20.2 Å². The third kappa shape index (κ3) is 5.04. The lowest BCUT2D eigenvalue weighted by Gasteiger charge is -2.55. The number of imidazole rings is 2. The van der Waals surface area contributed by atoms with Crippen LogP contribution in [0.25, 0.3) is 22.5 Å². The molecular weight excluding hydrogens is 666 g/mol. The first-order valence-corrected chi connectivity index (χ1v) is 20.5. The molecule has 0 spiro atoms.